The first-order chi connectivity index (χ1) is 33.0. The zero-order valence-corrected chi connectivity index (χ0v) is 44.9. The smallest absolute Gasteiger partial charge is 0.306 e. The normalized spacial score (nSPS) is 12.2. The Morgan fingerprint density at radius 2 is 0.537 bits per heavy atom. The Balaban J connectivity index is 4.34. The highest BCUT2D eigenvalue weighted by atomic mass is 16.6. The van der Waals surface area contributed by atoms with Crippen molar-refractivity contribution >= 4 is 17.9 Å². The molecule has 0 saturated carbocycles. The molecular formula is C61H112O6. The molecule has 67 heavy (non-hydrogen) atoms. The van der Waals surface area contributed by atoms with Gasteiger partial charge in [0.1, 0.15) is 13.2 Å². The van der Waals surface area contributed by atoms with Crippen molar-refractivity contribution in [1.82, 2.24) is 0 Å². The monoisotopic (exact) mass is 941 g/mol. The highest BCUT2D eigenvalue weighted by Gasteiger charge is 2.19. The topological polar surface area (TPSA) is 78.9 Å². The van der Waals surface area contributed by atoms with Crippen LogP contribution in [0.4, 0.5) is 0 Å². The first-order valence-electron chi connectivity index (χ1n) is 29.5. The van der Waals surface area contributed by atoms with Crippen LogP contribution in [0.5, 0.6) is 0 Å². The number of rotatable bonds is 54. The van der Waals surface area contributed by atoms with Crippen molar-refractivity contribution in [3.8, 4) is 0 Å². The molecule has 1 atom stereocenters. The van der Waals surface area contributed by atoms with E-state index in [0.717, 1.165) is 83.5 Å². The van der Waals surface area contributed by atoms with Crippen LogP contribution < -0.4 is 0 Å². The highest BCUT2D eigenvalue weighted by Crippen LogP contribution is 2.17. The Morgan fingerprint density at radius 3 is 0.866 bits per heavy atom. The van der Waals surface area contributed by atoms with Crippen LogP contribution in [0.25, 0.3) is 0 Å². The maximum atomic E-state index is 12.8. The number of esters is 3. The largest absolute Gasteiger partial charge is 0.462 e. The van der Waals surface area contributed by atoms with Gasteiger partial charge in [0, 0.05) is 19.3 Å². The van der Waals surface area contributed by atoms with Crippen molar-refractivity contribution in [3.63, 3.8) is 0 Å². The lowest BCUT2D eigenvalue weighted by molar-refractivity contribution is -0.167. The summed E-state index contributed by atoms with van der Waals surface area (Å²) in [4.78, 5) is 38.2. The molecule has 0 saturated heterocycles. The number of ether oxygens (including phenoxy) is 3. The van der Waals surface area contributed by atoms with Crippen LogP contribution >= 0.6 is 0 Å². The zero-order chi connectivity index (χ0) is 48.6. The third-order valence-corrected chi connectivity index (χ3v) is 13.1. The lowest BCUT2D eigenvalue weighted by Crippen LogP contribution is -2.30. The summed E-state index contributed by atoms with van der Waals surface area (Å²) in [6.07, 6.45) is 67.0. The molecule has 0 aliphatic heterocycles. The van der Waals surface area contributed by atoms with E-state index in [2.05, 4.69) is 57.2 Å². The quantitative estimate of drug-likeness (QED) is 0.0262. The van der Waals surface area contributed by atoms with E-state index in [1.54, 1.807) is 0 Å². The van der Waals surface area contributed by atoms with Crippen molar-refractivity contribution in [2.24, 2.45) is 0 Å². The van der Waals surface area contributed by atoms with E-state index in [1.807, 2.05) is 0 Å². The molecule has 392 valence electrons. The fourth-order valence-corrected chi connectivity index (χ4v) is 8.69. The molecule has 0 rings (SSSR count). The van der Waals surface area contributed by atoms with Gasteiger partial charge in [-0.1, -0.05) is 276 Å². The first kappa shape index (κ1) is 64.6. The van der Waals surface area contributed by atoms with E-state index in [9.17, 15) is 14.4 Å². The maximum absolute atomic E-state index is 12.8. The van der Waals surface area contributed by atoms with Gasteiger partial charge in [0.2, 0.25) is 0 Å². The van der Waals surface area contributed by atoms with Gasteiger partial charge in [-0.2, -0.15) is 0 Å². The summed E-state index contributed by atoms with van der Waals surface area (Å²) in [5.41, 5.74) is 0. The summed E-state index contributed by atoms with van der Waals surface area (Å²) >= 11 is 0. The molecular weight excluding hydrogens is 829 g/mol. The second kappa shape index (κ2) is 56.2. The third-order valence-electron chi connectivity index (χ3n) is 13.1. The van der Waals surface area contributed by atoms with Crippen molar-refractivity contribution in [1.29, 1.82) is 0 Å². The number of carbonyl (C=O) groups is 3. The summed E-state index contributed by atoms with van der Waals surface area (Å²) in [7, 11) is 0. The van der Waals surface area contributed by atoms with Gasteiger partial charge >= 0.3 is 17.9 Å². The van der Waals surface area contributed by atoms with E-state index in [0.29, 0.717) is 19.3 Å². The van der Waals surface area contributed by atoms with E-state index < -0.39 is 6.10 Å². The minimum absolute atomic E-state index is 0.0764. The van der Waals surface area contributed by atoms with Crippen LogP contribution in [0, 0.1) is 0 Å². The molecule has 0 aromatic heterocycles. The molecule has 0 heterocycles. The van der Waals surface area contributed by atoms with Crippen molar-refractivity contribution in [2.45, 2.75) is 322 Å². The van der Waals surface area contributed by atoms with Crippen LogP contribution in [0.15, 0.2) is 36.5 Å². The minimum atomic E-state index is -0.779. The molecule has 6 nitrogen and oxygen atoms in total. The molecule has 6 heteroatoms. The van der Waals surface area contributed by atoms with Crippen molar-refractivity contribution < 1.29 is 28.6 Å². The molecule has 0 N–H and O–H groups in total. The van der Waals surface area contributed by atoms with Crippen molar-refractivity contribution in [3.05, 3.63) is 36.5 Å². The average Bonchev–Trinajstić information content (AvgIpc) is 3.33. The minimum Gasteiger partial charge on any atom is -0.462 e. The fourth-order valence-electron chi connectivity index (χ4n) is 8.69. The molecule has 0 aliphatic carbocycles. The molecule has 0 fully saturated rings. The highest BCUT2D eigenvalue weighted by molar-refractivity contribution is 5.71. The maximum Gasteiger partial charge on any atom is 0.306 e. The fraction of sp³-hybridized carbons (Fsp3) is 0.852. The summed E-state index contributed by atoms with van der Waals surface area (Å²) in [5, 5.41) is 0. The van der Waals surface area contributed by atoms with Gasteiger partial charge in [-0.05, 0) is 57.8 Å². The van der Waals surface area contributed by atoms with E-state index in [-0.39, 0.29) is 31.1 Å². The van der Waals surface area contributed by atoms with E-state index in [1.165, 1.54) is 193 Å². The van der Waals surface area contributed by atoms with Gasteiger partial charge in [0.25, 0.3) is 0 Å². The van der Waals surface area contributed by atoms with E-state index in [4.69, 9.17) is 14.2 Å². The average molecular weight is 942 g/mol. The number of unbranched alkanes of at least 4 members (excludes halogenated alkanes) is 37. The Kier molecular flexibility index (Phi) is 54.2. The second-order valence-corrected chi connectivity index (χ2v) is 19.9. The Labute approximate surface area is 416 Å². The number of carbonyl (C=O) groups excluding carboxylic acids is 3. The lowest BCUT2D eigenvalue weighted by atomic mass is 10.0. The summed E-state index contributed by atoms with van der Waals surface area (Å²) in [6.45, 7) is 6.64. The molecule has 0 aromatic rings. The third kappa shape index (κ3) is 54.4. The molecule has 0 unspecified atom stereocenters. The van der Waals surface area contributed by atoms with E-state index >= 15 is 0 Å². The summed E-state index contributed by atoms with van der Waals surface area (Å²) < 4.78 is 16.9. The Hall–Kier alpha value is -2.37. The molecule has 0 radical (unpaired) electrons. The van der Waals surface area contributed by atoms with Crippen LogP contribution in [0.3, 0.4) is 0 Å². The standard InChI is InChI=1S/C61H112O6/c1-4-7-10-13-16-19-22-25-27-29-30-32-33-36-39-42-45-48-51-54-60(63)66-57-58(56-65-59(62)53-50-47-44-41-38-35-24-21-18-15-12-9-6-3)67-61(64)55-52-49-46-43-40-37-34-31-28-26-23-20-17-14-11-8-5-2/h17,20,26,28,34,37,58H,4-16,18-19,21-25,27,29-33,35-36,38-57H2,1-3H3/b20-17-,28-26-,37-34-/t58-/m0/s1. The van der Waals surface area contributed by atoms with Gasteiger partial charge in [0.15, 0.2) is 6.10 Å². The lowest BCUT2D eigenvalue weighted by Gasteiger charge is -2.18. The van der Waals surface area contributed by atoms with Gasteiger partial charge < -0.3 is 14.2 Å². The zero-order valence-electron chi connectivity index (χ0n) is 44.9. The second-order valence-electron chi connectivity index (χ2n) is 19.9. The van der Waals surface area contributed by atoms with Crippen LogP contribution in [-0.4, -0.2) is 37.2 Å². The molecule has 0 aromatic carbocycles. The molecule has 0 aliphatic rings. The SMILES string of the molecule is CCCCC/C=C\C/C=C\C/C=C\CCCCCCC(=O)O[C@@H](COC(=O)CCCCCCCCCCCCCCC)COC(=O)CCCCCCCCCCCCCCCCCCCCC. The van der Waals surface area contributed by atoms with Gasteiger partial charge in [-0.15, -0.1) is 0 Å². The van der Waals surface area contributed by atoms with Crippen LogP contribution in [0.2, 0.25) is 0 Å². The Bertz CT molecular complexity index is 1130. The number of hydrogen-bond donors (Lipinski definition) is 0. The van der Waals surface area contributed by atoms with Gasteiger partial charge in [-0.3, -0.25) is 14.4 Å². The van der Waals surface area contributed by atoms with Crippen LogP contribution in [-0.2, 0) is 28.6 Å². The summed E-state index contributed by atoms with van der Waals surface area (Å²) in [5.74, 6) is -0.878. The Morgan fingerprint density at radius 1 is 0.299 bits per heavy atom. The molecule has 0 amide bonds. The van der Waals surface area contributed by atoms with Gasteiger partial charge in [0.05, 0.1) is 0 Å². The summed E-state index contributed by atoms with van der Waals surface area (Å²) in [6, 6.07) is 0. The predicted octanol–water partition coefficient (Wildman–Crippen LogP) is 19.7. The predicted molar refractivity (Wildman–Crippen MR) is 289 cm³/mol. The number of hydrogen-bond acceptors (Lipinski definition) is 6. The number of allylic oxidation sites excluding steroid dienone is 6. The molecule has 0 bridgehead atoms. The van der Waals surface area contributed by atoms with Crippen LogP contribution in [0.1, 0.15) is 316 Å². The van der Waals surface area contributed by atoms with Crippen molar-refractivity contribution in [2.75, 3.05) is 13.2 Å². The molecule has 0 spiro atoms. The first-order valence-corrected chi connectivity index (χ1v) is 29.5. The van der Waals surface area contributed by atoms with Gasteiger partial charge in [-0.25, -0.2) is 0 Å².